The highest BCUT2D eigenvalue weighted by Gasteiger charge is 2.35. The maximum atomic E-state index is 13.3. The fourth-order valence-corrected chi connectivity index (χ4v) is 4.33. The van der Waals surface area contributed by atoms with Gasteiger partial charge in [-0.3, -0.25) is 14.5 Å². The summed E-state index contributed by atoms with van der Waals surface area (Å²) in [6, 6.07) is 5.25. The Hall–Kier alpha value is -1.66. The molecule has 2 aliphatic rings. The van der Waals surface area contributed by atoms with Crippen LogP contribution in [-0.2, 0) is 9.59 Å². The topological polar surface area (TPSA) is 52.7 Å². The smallest absolute Gasteiger partial charge is 0.227 e. The molecule has 7 heteroatoms. The molecule has 1 aromatic rings. The average Bonchev–Trinajstić information content (AvgIpc) is 3.01. The Bertz CT molecular complexity index is 704. The van der Waals surface area contributed by atoms with Crippen LogP contribution in [0.2, 0.25) is 5.02 Å². The third-order valence-electron chi connectivity index (χ3n) is 5.76. The fourth-order valence-electron chi connectivity index (χ4n) is 4.15. The van der Waals surface area contributed by atoms with Crippen molar-refractivity contribution in [1.29, 1.82) is 0 Å². The van der Waals surface area contributed by atoms with E-state index < -0.39 is 11.7 Å². The Morgan fingerprint density at radius 2 is 2.00 bits per heavy atom. The van der Waals surface area contributed by atoms with Crippen LogP contribution < -0.4 is 10.2 Å². The van der Waals surface area contributed by atoms with Gasteiger partial charge in [-0.15, -0.1) is 0 Å². The van der Waals surface area contributed by atoms with E-state index in [0.717, 1.165) is 6.54 Å². The molecule has 0 radical (unpaired) electrons. The second-order valence-electron chi connectivity index (χ2n) is 7.66. The van der Waals surface area contributed by atoms with Gasteiger partial charge in [-0.05, 0) is 44.9 Å². The van der Waals surface area contributed by atoms with Crippen LogP contribution in [0.5, 0.6) is 0 Å². The average molecular weight is 396 g/mol. The van der Waals surface area contributed by atoms with Crippen LogP contribution in [0.1, 0.15) is 39.5 Å². The summed E-state index contributed by atoms with van der Waals surface area (Å²) < 4.78 is 13.3. The lowest BCUT2D eigenvalue weighted by atomic mass is 9.98. The SMILES string of the molecule is C[C@@H]1CCC[C@H](C)N1CCNC(=O)[C@H]1CC(=O)N(c2ccc(F)c(Cl)c2)C1. The van der Waals surface area contributed by atoms with Crippen molar-refractivity contribution in [3.63, 3.8) is 0 Å². The van der Waals surface area contributed by atoms with Gasteiger partial charge in [0.25, 0.3) is 0 Å². The summed E-state index contributed by atoms with van der Waals surface area (Å²) in [5.74, 6) is -1.16. The molecule has 0 aromatic heterocycles. The zero-order chi connectivity index (χ0) is 19.6. The van der Waals surface area contributed by atoms with Gasteiger partial charge in [0, 0.05) is 43.8 Å². The molecule has 1 aromatic carbocycles. The molecule has 0 aliphatic carbocycles. The number of rotatable bonds is 5. The molecule has 3 rings (SSSR count). The predicted octanol–water partition coefficient (Wildman–Crippen LogP) is 3.21. The Labute approximate surface area is 164 Å². The number of likely N-dealkylation sites (tertiary alicyclic amines) is 1. The standard InChI is InChI=1S/C20H27ClFN3O2/c1-13-4-3-5-14(2)24(13)9-8-23-20(27)15-10-19(26)25(12-15)16-6-7-18(22)17(21)11-16/h6-7,11,13-15H,3-5,8-10,12H2,1-2H3,(H,23,27)/t13-,14+,15-/m0/s1. The first kappa shape index (κ1) is 20.1. The van der Waals surface area contributed by atoms with Crippen molar-refractivity contribution < 1.29 is 14.0 Å². The van der Waals surface area contributed by atoms with E-state index in [1.54, 1.807) is 0 Å². The molecule has 2 aliphatic heterocycles. The lowest BCUT2D eigenvalue weighted by Gasteiger charge is -2.39. The van der Waals surface area contributed by atoms with Crippen LogP contribution >= 0.6 is 11.6 Å². The largest absolute Gasteiger partial charge is 0.355 e. The maximum absolute atomic E-state index is 13.3. The first-order valence-corrected chi connectivity index (χ1v) is 10.0. The van der Waals surface area contributed by atoms with E-state index in [2.05, 4.69) is 24.1 Å². The van der Waals surface area contributed by atoms with Crippen LogP contribution in [0.4, 0.5) is 10.1 Å². The van der Waals surface area contributed by atoms with E-state index in [0.29, 0.717) is 30.9 Å². The van der Waals surface area contributed by atoms with Gasteiger partial charge in [-0.25, -0.2) is 4.39 Å². The minimum atomic E-state index is -0.525. The molecule has 0 bridgehead atoms. The number of hydrogen-bond donors (Lipinski definition) is 1. The molecule has 27 heavy (non-hydrogen) atoms. The van der Waals surface area contributed by atoms with E-state index in [9.17, 15) is 14.0 Å². The zero-order valence-electron chi connectivity index (χ0n) is 15.9. The van der Waals surface area contributed by atoms with Crippen LogP contribution in [0.3, 0.4) is 0 Å². The Kier molecular flexibility index (Phi) is 6.37. The minimum absolute atomic E-state index is 0.0297. The highest BCUT2D eigenvalue weighted by molar-refractivity contribution is 6.31. The van der Waals surface area contributed by atoms with E-state index >= 15 is 0 Å². The van der Waals surface area contributed by atoms with Gasteiger partial charge >= 0.3 is 0 Å². The van der Waals surface area contributed by atoms with Crippen LogP contribution in [0.25, 0.3) is 0 Å². The van der Waals surface area contributed by atoms with Gasteiger partial charge < -0.3 is 10.2 Å². The van der Waals surface area contributed by atoms with Gasteiger partial charge in [0.05, 0.1) is 10.9 Å². The number of amides is 2. The van der Waals surface area contributed by atoms with Crippen molar-refractivity contribution in [3.8, 4) is 0 Å². The molecular weight excluding hydrogens is 369 g/mol. The minimum Gasteiger partial charge on any atom is -0.355 e. The highest BCUT2D eigenvalue weighted by Crippen LogP contribution is 2.28. The molecule has 2 amide bonds. The third-order valence-corrected chi connectivity index (χ3v) is 6.05. The molecule has 0 unspecified atom stereocenters. The molecule has 1 N–H and O–H groups in total. The van der Waals surface area contributed by atoms with E-state index in [1.165, 1.54) is 42.4 Å². The van der Waals surface area contributed by atoms with Gasteiger partial charge in [0.15, 0.2) is 0 Å². The van der Waals surface area contributed by atoms with E-state index in [1.807, 2.05) is 0 Å². The molecule has 148 valence electrons. The Balaban J connectivity index is 1.52. The fraction of sp³-hybridized carbons (Fsp3) is 0.600. The highest BCUT2D eigenvalue weighted by atomic mass is 35.5. The summed E-state index contributed by atoms with van der Waals surface area (Å²) in [6.45, 7) is 6.17. The molecule has 5 nitrogen and oxygen atoms in total. The number of nitrogens with one attached hydrogen (secondary N) is 1. The van der Waals surface area contributed by atoms with Crippen LogP contribution in [-0.4, -0.2) is 48.4 Å². The summed E-state index contributed by atoms with van der Waals surface area (Å²) in [6.07, 6.45) is 3.82. The normalized spacial score (nSPS) is 26.4. The second-order valence-corrected chi connectivity index (χ2v) is 8.07. The van der Waals surface area contributed by atoms with Crippen LogP contribution in [0.15, 0.2) is 18.2 Å². The Morgan fingerprint density at radius 1 is 1.30 bits per heavy atom. The van der Waals surface area contributed by atoms with E-state index in [4.69, 9.17) is 11.6 Å². The summed E-state index contributed by atoms with van der Waals surface area (Å²) in [7, 11) is 0. The monoisotopic (exact) mass is 395 g/mol. The molecule has 0 spiro atoms. The first-order chi connectivity index (χ1) is 12.9. The second kappa shape index (κ2) is 8.57. The van der Waals surface area contributed by atoms with Gasteiger partial charge in [-0.2, -0.15) is 0 Å². The summed E-state index contributed by atoms with van der Waals surface area (Å²) >= 11 is 5.81. The number of carbonyl (C=O) groups excluding carboxylic acids is 2. The number of halogens is 2. The number of nitrogens with zero attached hydrogens (tertiary/aromatic N) is 2. The van der Waals surface area contributed by atoms with Crippen molar-refractivity contribution >= 4 is 29.1 Å². The third kappa shape index (κ3) is 4.61. The first-order valence-electron chi connectivity index (χ1n) is 9.65. The molecule has 2 heterocycles. The summed E-state index contributed by atoms with van der Waals surface area (Å²) in [5.41, 5.74) is 0.526. The summed E-state index contributed by atoms with van der Waals surface area (Å²) in [4.78, 5) is 28.7. The van der Waals surface area contributed by atoms with Crippen molar-refractivity contribution in [1.82, 2.24) is 10.2 Å². The van der Waals surface area contributed by atoms with Crippen molar-refractivity contribution in [2.45, 2.75) is 51.6 Å². The number of carbonyl (C=O) groups is 2. The lowest BCUT2D eigenvalue weighted by molar-refractivity contribution is -0.126. The van der Waals surface area contributed by atoms with E-state index in [-0.39, 0.29) is 23.3 Å². The lowest BCUT2D eigenvalue weighted by Crippen LogP contribution is -2.47. The zero-order valence-corrected chi connectivity index (χ0v) is 16.6. The molecule has 3 atom stereocenters. The van der Waals surface area contributed by atoms with Crippen molar-refractivity contribution in [2.75, 3.05) is 24.5 Å². The van der Waals surface area contributed by atoms with Crippen molar-refractivity contribution in [2.24, 2.45) is 5.92 Å². The predicted molar refractivity (Wildman–Crippen MR) is 104 cm³/mol. The summed E-state index contributed by atoms with van der Waals surface area (Å²) in [5, 5.41) is 2.95. The maximum Gasteiger partial charge on any atom is 0.227 e. The molecule has 2 fully saturated rings. The quantitative estimate of drug-likeness (QED) is 0.832. The molecule has 2 saturated heterocycles. The number of hydrogen-bond acceptors (Lipinski definition) is 3. The van der Waals surface area contributed by atoms with Gasteiger partial charge in [0.1, 0.15) is 5.82 Å². The van der Waals surface area contributed by atoms with Gasteiger partial charge in [0.2, 0.25) is 11.8 Å². The molecule has 0 saturated carbocycles. The van der Waals surface area contributed by atoms with Crippen LogP contribution in [0, 0.1) is 11.7 Å². The number of benzene rings is 1. The number of anilines is 1. The number of piperidine rings is 1. The van der Waals surface area contributed by atoms with Gasteiger partial charge in [-0.1, -0.05) is 18.0 Å². The molecular formula is C20H27ClFN3O2. The van der Waals surface area contributed by atoms with Crippen molar-refractivity contribution in [3.05, 3.63) is 29.0 Å². The Morgan fingerprint density at radius 3 is 2.67 bits per heavy atom.